The molecular formula is C32H39Cl2N3O4S. The molecule has 1 atom stereocenters. The molecule has 3 rings (SSSR count). The second-order valence-electron chi connectivity index (χ2n) is 10.9. The SMILES string of the molecule is Cc1ccc(C)c(N(CCCC(=O)N(Cc2ccc(Cl)cc2Cl)[C@@H](Cc2ccccc2)C(=O)NC(C)C)S(C)(=O)=O)c1. The Balaban J connectivity index is 1.93. The van der Waals surface area contributed by atoms with Gasteiger partial charge in [-0.15, -0.1) is 0 Å². The average molecular weight is 633 g/mol. The first kappa shape index (κ1) is 33.4. The molecule has 0 bridgehead atoms. The van der Waals surface area contributed by atoms with Gasteiger partial charge >= 0.3 is 0 Å². The van der Waals surface area contributed by atoms with E-state index in [-0.39, 0.29) is 43.8 Å². The van der Waals surface area contributed by atoms with Crippen LogP contribution in [0.2, 0.25) is 10.0 Å². The topological polar surface area (TPSA) is 86.8 Å². The van der Waals surface area contributed by atoms with E-state index >= 15 is 0 Å². The number of anilines is 1. The van der Waals surface area contributed by atoms with Crippen molar-refractivity contribution in [3.8, 4) is 0 Å². The van der Waals surface area contributed by atoms with Crippen LogP contribution in [-0.4, -0.2) is 50.0 Å². The van der Waals surface area contributed by atoms with Crippen molar-refractivity contribution < 1.29 is 18.0 Å². The number of aryl methyl sites for hydroxylation is 2. The molecule has 1 N–H and O–H groups in total. The Morgan fingerprint density at radius 1 is 0.952 bits per heavy atom. The second-order valence-corrected chi connectivity index (χ2v) is 13.6. The summed E-state index contributed by atoms with van der Waals surface area (Å²) in [5.41, 5.74) is 3.90. The second kappa shape index (κ2) is 14.9. The number of rotatable bonds is 13. The van der Waals surface area contributed by atoms with Crippen molar-refractivity contribution in [2.24, 2.45) is 0 Å². The summed E-state index contributed by atoms with van der Waals surface area (Å²) in [6, 6.07) is 19.3. The number of carbonyl (C=O) groups is 2. The molecular weight excluding hydrogens is 593 g/mol. The van der Waals surface area contributed by atoms with Gasteiger partial charge in [-0.05, 0) is 74.6 Å². The lowest BCUT2D eigenvalue weighted by Crippen LogP contribution is -2.51. The summed E-state index contributed by atoms with van der Waals surface area (Å²) in [4.78, 5) is 29.0. The Bertz CT molecular complexity index is 1500. The predicted molar refractivity (Wildman–Crippen MR) is 172 cm³/mol. The lowest BCUT2D eigenvalue weighted by atomic mass is 10.0. The number of carbonyl (C=O) groups excluding carboxylic acids is 2. The van der Waals surface area contributed by atoms with Gasteiger partial charge in [-0.1, -0.05) is 71.7 Å². The van der Waals surface area contributed by atoms with Crippen molar-refractivity contribution in [1.29, 1.82) is 0 Å². The van der Waals surface area contributed by atoms with Gasteiger partial charge in [0, 0.05) is 42.0 Å². The lowest BCUT2D eigenvalue weighted by molar-refractivity contribution is -0.141. The highest BCUT2D eigenvalue weighted by molar-refractivity contribution is 7.92. The van der Waals surface area contributed by atoms with E-state index < -0.39 is 16.1 Å². The molecule has 3 aromatic rings. The fraction of sp³-hybridized carbons (Fsp3) is 0.375. The monoisotopic (exact) mass is 631 g/mol. The van der Waals surface area contributed by atoms with Crippen molar-refractivity contribution in [3.05, 3.63) is 99.0 Å². The maximum absolute atomic E-state index is 13.9. The first-order valence-electron chi connectivity index (χ1n) is 13.9. The number of amides is 2. The van der Waals surface area contributed by atoms with Gasteiger partial charge in [0.05, 0.1) is 11.9 Å². The van der Waals surface area contributed by atoms with Crippen LogP contribution in [-0.2, 0) is 32.6 Å². The van der Waals surface area contributed by atoms with E-state index in [1.54, 1.807) is 23.1 Å². The summed E-state index contributed by atoms with van der Waals surface area (Å²) in [7, 11) is -3.60. The maximum atomic E-state index is 13.9. The van der Waals surface area contributed by atoms with Crippen LogP contribution in [0.3, 0.4) is 0 Å². The van der Waals surface area contributed by atoms with Crippen LogP contribution in [0.15, 0.2) is 66.7 Å². The third-order valence-electron chi connectivity index (χ3n) is 6.84. The van der Waals surface area contributed by atoms with Crippen molar-refractivity contribution in [2.45, 2.75) is 65.6 Å². The smallest absolute Gasteiger partial charge is 0.243 e. The minimum atomic E-state index is -3.60. The maximum Gasteiger partial charge on any atom is 0.243 e. The van der Waals surface area contributed by atoms with Gasteiger partial charge in [0.2, 0.25) is 21.8 Å². The molecule has 3 aromatic carbocycles. The summed E-state index contributed by atoms with van der Waals surface area (Å²) in [5.74, 6) is -0.560. The summed E-state index contributed by atoms with van der Waals surface area (Å²) in [6.45, 7) is 7.70. The van der Waals surface area contributed by atoms with Crippen LogP contribution in [0.1, 0.15) is 48.9 Å². The molecule has 0 aliphatic carbocycles. The Morgan fingerprint density at radius 3 is 2.26 bits per heavy atom. The number of hydrogen-bond acceptors (Lipinski definition) is 4. The number of nitrogens with one attached hydrogen (secondary N) is 1. The van der Waals surface area contributed by atoms with Gasteiger partial charge in [-0.3, -0.25) is 13.9 Å². The molecule has 0 unspecified atom stereocenters. The van der Waals surface area contributed by atoms with Crippen molar-refractivity contribution in [3.63, 3.8) is 0 Å². The number of halogens is 2. The Kier molecular flexibility index (Phi) is 11.9. The van der Waals surface area contributed by atoms with Crippen LogP contribution in [0.5, 0.6) is 0 Å². The summed E-state index contributed by atoms with van der Waals surface area (Å²) in [6.07, 6.45) is 1.75. The molecule has 0 fully saturated rings. The highest BCUT2D eigenvalue weighted by Crippen LogP contribution is 2.26. The first-order chi connectivity index (χ1) is 19.8. The highest BCUT2D eigenvalue weighted by atomic mass is 35.5. The zero-order valence-electron chi connectivity index (χ0n) is 24.7. The standard InChI is InChI=1S/C32H39Cl2N3O4S/c1-22(2)35-32(39)30(19-25-10-7-6-8-11-25)36(21-26-15-16-27(33)20-28(26)34)31(38)12-9-17-37(42(5,40)41)29-18-23(3)13-14-24(29)4/h6-8,10-11,13-16,18,20,22,30H,9,12,17,19,21H2,1-5H3,(H,35,39)/t30-/m0/s1. The summed E-state index contributed by atoms with van der Waals surface area (Å²) in [5, 5.41) is 3.82. The number of benzene rings is 3. The van der Waals surface area contributed by atoms with E-state index in [2.05, 4.69) is 5.32 Å². The van der Waals surface area contributed by atoms with Gasteiger partial charge in [-0.2, -0.15) is 0 Å². The molecule has 0 aliphatic heterocycles. The van der Waals surface area contributed by atoms with Crippen LogP contribution in [0, 0.1) is 13.8 Å². The van der Waals surface area contributed by atoms with Crippen LogP contribution < -0.4 is 9.62 Å². The summed E-state index contributed by atoms with van der Waals surface area (Å²) >= 11 is 12.6. The quantitative estimate of drug-likeness (QED) is 0.239. The highest BCUT2D eigenvalue weighted by Gasteiger charge is 2.31. The van der Waals surface area contributed by atoms with Gasteiger partial charge in [-0.25, -0.2) is 8.42 Å². The predicted octanol–water partition coefficient (Wildman–Crippen LogP) is 6.32. The zero-order valence-corrected chi connectivity index (χ0v) is 27.1. The molecule has 0 aliphatic rings. The summed E-state index contributed by atoms with van der Waals surface area (Å²) < 4.78 is 26.9. The molecule has 0 radical (unpaired) electrons. The molecule has 2 amide bonds. The van der Waals surface area contributed by atoms with Gasteiger partial charge in [0.1, 0.15) is 6.04 Å². The van der Waals surface area contributed by atoms with Crippen LogP contribution in [0.25, 0.3) is 0 Å². The third-order valence-corrected chi connectivity index (χ3v) is 8.61. The number of sulfonamides is 1. The van der Waals surface area contributed by atoms with Crippen molar-refractivity contribution in [2.75, 3.05) is 17.1 Å². The molecule has 0 saturated heterocycles. The van der Waals surface area contributed by atoms with E-state index in [1.807, 2.05) is 76.2 Å². The van der Waals surface area contributed by atoms with E-state index in [4.69, 9.17) is 23.2 Å². The minimum absolute atomic E-state index is 0.0301. The minimum Gasteiger partial charge on any atom is -0.352 e. The van der Waals surface area contributed by atoms with E-state index in [0.717, 1.165) is 22.9 Å². The number of hydrogen-bond donors (Lipinski definition) is 1. The molecule has 42 heavy (non-hydrogen) atoms. The van der Waals surface area contributed by atoms with Crippen molar-refractivity contribution >= 4 is 50.7 Å². The molecule has 0 spiro atoms. The van der Waals surface area contributed by atoms with E-state index in [1.165, 1.54) is 4.31 Å². The van der Waals surface area contributed by atoms with Crippen LogP contribution >= 0.6 is 23.2 Å². The third kappa shape index (κ3) is 9.48. The van der Waals surface area contributed by atoms with Gasteiger partial charge < -0.3 is 10.2 Å². The molecule has 0 aromatic heterocycles. The van der Waals surface area contributed by atoms with Gasteiger partial charge in [0.25, 0.3) is 0 Å². The molecule has 0 heterocycles. The fourth-order valence-electron chi connectivity index (χ4n) is 4.74. The normalized spacial score (nSPS) is 12.2. The zero-order chi connectivity index (χ0) is 31.0. The Morgan fingerprint density at radius 2 is 1.64 bits per heavy atom. The molecule has 7 nitrogen and oxygen atoms in total. The van der Waals surface area contributed by atoms with E-state index in [0.29, 0.717) is 27.7 Å². The van der Waals surface area contributed by atoms with E-state index in [9.17, 15) is 18.0 Å². The lowest BCUT2D eigenvalue weighted by Gasteiger charge is -2.33. The van der Waals surface area contributed by atoms with Crippen molar-refractivity contribution in [1.82, 2.24) is 10.2 Å². The molecule has 10 heteroatoms. The Labute approximate surface area is 259 Å². The first-order valence-corrected chi connectivity index (χ1v) is 16.5. The fourth-order valence-corrected chi connectivity index (χ4v) is 6.22. The average Bonchev–Trinajstić information content (AvgIpc) is 2.90. The molecule has 226 valence electrons. The number of nitrogens with zero attached hydrogens (tertiary/aromatic N) is 2. The largest absolute Gasteiger partial charge is 0.352 e. The van der Waals surface area contributed by atoms with Crippen LogP contribution in [0.4, 0.5) is 5.69 Å². The van der Waals surface area contributed by atoms with Gasteiger partial charge in [0.15, 0.2) is 0 Å². The Hall–Kier alpha value is -3.07. The molecule has 0 saturated carbocycles.